The number of amides is 1. The van der Waals surface area contributed by atoms with Gasteiger partial charge in [0.25, 0.3) is 0 Å². The molecule has 6 nitrogen and oxygen atoms in total. The molecule has 0 aliphatic heterocycles. The van der Waals surface area contributed by atoms with Crippen molar-refractivity contribution in [2.75, 3.05) is 33.3 Å². The fraction of sp³-hybridized carbons (Fsp3) is 0.857. The number of nitrogens with zero attached hydrogens (tertiary/aromatic N) is 1. The summed E-state index contributed by atoms with van der Waals surface area (Å²) < 4.78 is 5.34. The number of methoxy groups -OCH3 is 1. The third-order valence-electron chi connectivity index (χ3n) is 3.18. The van der Waals surface area contributed by atoms with Crippen molar-refractivity contribution < 1.29 is 9.53 Å². The Morgan fingerprint density at radius 3 is 2.45 bits per heavy atom. The van der Waals surface area contributed by atoms with Crippen LogP contribution in [0.2, 0.25) is 0 Å². The monoisotopic (exact) mass is 284 g/mol. The molecule has 0 radical (unpaired) electrons. The summed E-state index contributed by atoms with van der Waals surface area (Å²) in [6, 6.07) is 0. The number of nitrogens with one attached hydrogen (secondary N) is 3. The number of ether oxygens (including phenoxy) is 1. The van der Waals surface area contributed by atoms with Crippen molar-refractivity contribution in [3.8, 4) is 0 Å². The number of hydrogen-bond donors (Lipinski definition) is 3. The van der Waals surface area contributed by atoms with Gasteiger partial charge in [-0.15, -0.1) is 0 Å². The lowest BCUT2D eigenvalue weighted by Crippen LogP contribution is -2.42. The van der Waals surface area contributed by atoms with Gasteiger partial charge in [-0.3, -0.25) is 9.79 Å². The van der Waals surface area contributed by atoms with Crippen LogP contribution in [0.25, 0.3) is 0 Å². The van der Waals surface area contributed by atoms with Crippen molar-refractivity contribution in [2.45, 2.75) is 39.2 Å². The number of carbonyl (C=O) groups excluding carboxylic acids is 1. The first-order valence-corrected chi connectivity index (χ1v) is 7.33. The molecule has 0 aromatic heterocycles. The van der Waals surface area contributed by atoms with Crippen molar-refractivity contribution in [2.24, 2.45) is 10.9 Å². The summed E-state index contributed by atoms with van der Waals surface area (Å²) in [4.78, 5) is 15.9. The van der Waals surface area contributed by atoms with E-state index in [1.807, 2.05) is 20.8 Å². The smallest absolute Gasteiger partial charge is 0.223 e. The van der Waals surface area contributed by atoms with Gasteiger partial charge in [0, 0.05) is 32.7 Å². The van der Waals surface area contributed by atoms with Crippen LogP contribution in [0, 0.1) is 5.92 Å². The molecule has 1 rings (SSSR count). The number of rotatable bonds is 8. The average molecular weight is 284 g/mol. The highest BCUT2D eigenvalue weighted by atomic mass is 16.5. The predicted octanol–water partition coefficient (Wildman–Crippen LogP) is 0.493. The van der Waals surface area contributed by atoms with Gasteiger partial charge in [-0.1, -0.05) is 0 Å². The third kappa shape index (κ3) is 6.75. The Labute approximate surface area is 121 Å². The van der Waals surface area contributed by atoms with Gasteiger partial charge in [0.2, 0.25) is 5.91 Å². The van der Waals surface area contributed by atoms with Crippen LogP contribution in [-0.4, -0.2) is 50.8 Å². The van der Waals surface area contributed by atoms with Crippen LogP contribution in [0.1, 0.15) is 33.6 Å². The van der Waals surface area contributed by atoms with Crippen molar-refractivity contribution in [3.63, 3.8) is 0 Å². The number of guanidine groups is 1. The van der Waals surface area contributed by atoms with Gasteiger partial charge in [-0.05, 0) is 33.6 Å². The van der Waals surface area contributed by atoms with Gasteiger partial charge in [-0.25, -0.2) is 0 Å². The minimum atomic E-state index is -0.275. The molecule has 0 spiro atoms. The first-order chi connectivity index (χ1) is 9.48. The summed E-state index contributed by atoms with van der Waals surface area (Å²) in [6.07, 6.45) is 2.07. The van der Waals surface area contributed by atoms with E-state index < -0.39 is 0 Å². The fourth-order valence-electron chi connectivity index (χ4n) is 1.53. The summed E-state index contributed by atoms with van der Waals surface area (Å²) in [5.74, 6) is 1.19. The summed E-state index contributed by atoms with van der Waals surface area (Å²) in [6.45, 7) is 8.67. The second-order valence-corrected chi connectivity index (χ2v) is 5.65. The standard InChI is InChI=1S/C14H28N4O2/c1-5-15-13(18-10-14(2,3)20-4)17-9-8-16-12(19)11-6-7-11/h11H,5-10H2,1-4H3,(H,16,19)(H2,15,17,18). The van der Waals surface area contributed by atoms with E-state index in [1.54, 1.807) is 7.11 Å². The molecule has 0 bridgehead atoms. The summed E-state index contributed by atoms with van der Waals surface area (Å²) in [7, 11) is 1.68. The van der Waals surface area contributed by atoms with Crippen molar-refractivity contribution >= 4 is 11.9 Å². The van der Waals surface area contributed by atoms with E-state index in [1.165, 1.54) is 0 Å². The Morgan fingerprint density at radius 2 is 1.90 bits per heavy atom. The first-order valence-electron chi connectivity index (χ1n) is 7.33. The van der Waals surface area contributed by atoms with E-state index in [4.69, 9.17) is 4.74 Å². The first kappa shape index (κ1) is 16.8. The molecule has 1 aliphatic rings. The molecule has 116 valence electrons. The maximum atomic E-state index is 11.5. The lowest BCUT2D eigenvalue weighted by Gasteiger charge is -2.21. The molecule has 0 aromatic carbocycles. The van der Waals surface area contributed by atoms with Crippen LogP contribution in [0.15, 0.2) is 4.99 Å². The highest BCUT2D eigenvalue weighted by Gasteiger charge is 2.28. The Hall–Kier alpha value is -1.30. The van der Waals surface area contributed by atoms with Gasteiger partial charge in [0.1, 0.15) is 0 Å². The van der Waals surface area contributed by atoms with Crippen LogP contribution >= 0.6 is 0 Å². The second-order valence-electron chi connectivity index (χ2n) is 5.65. The van der Waals surface area contributed by atoms with Gasteiger partial charge in [-0.2, -0.15) is 0 Å². The molecule has 0 atom stereocenters. The molecule has 1 fully saturated rings. The minimum absolute atomic E-state index is 0.175. The van der Waals surface area contributed by atoms with E-state index in [0.717, 1.165) is 25.3 Å². The molecule has 1 aliphatic carbocycles. The number of carbonyl (C=O) groups is 1. The summed E-state index contributed by atoms with van der Waals surface area (Å²) in [5, 5.41) is 9.29. The Balaban J connectivity index is 2.26. The molecule has 1 amide bonds. The molecular formula is C14H28N4O2. The molecule has 1 saturated carbocycles. The van der Waals surface area contributed by atoms with Crippen molar-refractivity contribution in [1.82, 2.24) is 16.0 Å². The minimum Gasteiger partial charge on any atom is -0.377 e. The molecule has 0 saturated heterocycles. The van der Waals surface area contributed by atoms with E-state index in [2.05, 4.69) is 20.9 Å². The summed E-state index contributed by atoms with van der Waals surface area (Å²) in [5.41, 5.74) is -0.275. The molecular weight excluding hydrogens is 256 g/mol. The highest BCUT2D eigenvalue weighted by molar-refractivity contribution is 5.81. The van der Waals surface area contributed by atoms with Crippen LogP contribution in [0.3, 0.4) is 0 Å². The van der Waals surface area contributed by atoms with Crippen LogP contribution in [0.4, 0.5) is 0 Å². The van der Waals surface area contributed by atoms with Gasteiger partial charge >= 0.3 is 0 Å². The lowest BCUT2D eigenvalue weighted by atomic mass is 10.1. The zero-order chi connectivity index (χ0) is 15.0. The molecule has 6 heteroatoms. The molecule has 3 N–H and O–H groups in total. The summed E-state index contributed by atoms with van der Waals surface area (Å²) >= 11 is 0. The quantitative estimate of drug-likeness (QED) is 0.344. The third-order valence-corrected chi connectivity index (χ3v) is 3.18. The fourth-order valence-corrected chi connectivity index (χ4v) is 1.53. The van der Waals surface area contributed by atoms with Gasteiger partial charge in [0.05, 0.1) is 12.1 Å². The number of aliphatic imine (C=N–C) groups is 1. The van der Waals surface area contributed by atoms with E-state index in [9.17, 15) is 4.79 Å². The van der Waals surface area contributed by atoms with E-state index in [-0.39, 0.29) is 17.4 Å². The van der Waals surface area contributed by atoms with Crippen LogP contribution < -0.4 is 16.0 Å². The number of hydrogen-bond acceptors (Lipinski definition) is 3. The average Bonchev–Trinajstić information content (AvgIpc) is 3.25. The predicted molar refractivity (Wildman–Crippen MR) is 80.8 cm³/mol. The Morgan fingerprint density at radius 1 is 1.25 bits per heavy atom. The Kier molecular flexibility index (Phi) is 6.78. The van der Waals surface area contributed by atoms with E-state index in [0.29, 0.717) is 19.6 Å². The lowest BCUT2D eigenvalue weighted by molar-refractivity contribution is -0.122. The maximum absolute atomic E-state index is 11.5. The second kappa shape index (κ2) is 8.09. The zero-order valence-electron chi connectivity index (χ0n) is 13.1. The highest BCUT2D eigenvalue weighted by Crippen LogP contribution is 2.28. The van der Waals surface area contributed by atoms with Gasteiger partial charge < -0.3 is 20.7 Å². The molecule has 0 aromatic rings. The van der Waals surface area contributed by atoms with Crippen molar-refractivity contribution in [1.29, 1.82) is 0 Å². The molecule has 0 unspecified atom stereocenters. The van der Waals surface area contributed by atoms with Crippen LogP contribution in [0.5, 0.6) is 0 Å². The van der Waals surface area contributed by atoms with Crippen molar-refractivity contribution in [3.05, 3.63) is 0 Å². The molecule has 0 heterocycles. The van der Waals surface area contributed by atoms with Gasteiger partial charge in [0.15, 0.2) is 5.96 Å². The topological polar surface area (TPSA) is 74.8 Å². The maximum Gasteiger partial charge on any atom is 0.223 e. The van der Waals surface area contributed by atoms with Crippen LogP contribution in [-0.2, 0) is 9.53 Å². The normalized spacial score (nSPS) is 15.9. The SMILES string of the molecule is CCNC(=NCC(C)(C)OC)NCCNC(=O)C1CC1. The van der Waals surface area contributed by atoms with E-state index >= 15 is 0 Å². The zero-order valence-corrected chi connectivity index (χ0v) is 13.1. The largest absolute Gasteiger partial charge is 0.377 e. The Bertz CT molecular complexity index is 338. The molecule has 20 heavy (non-hydrogen) atoms.